The van der Waals surface area contributed by atoms with Crippen LogP contribution in [0.5, 0.6) is 0 Å². The fourth-order valence-electron chi connectivity index (χ4n) is 5.14. The van der Waals surface area contributed by atoms with Crippen molar-refractivity contribution in [3.63, 3.8) is 0 Å². The number of esters is 1. The lowest BCUT2D eigenvalue weighted by Gasteiger charge is -2.61. The van der Waals surface area contributed by atoms with Crippen LogP contribution in [-0.2, 0) is 35.0 Å². The molecular formula is C29H29ClN2O6S2. The van der Waals surface area contributed by atoms with Gasteiger partial charge in [-0.25, -0.2) is 4.79 Å². The molecule has 2 aliphatic heterocycles. The van der Waals surface area contributed by atoms with E-state index in [0.29, 0.717) is 0 Å². The summed E-state index contributed by atoms with van der Waals surface area (Å²) in [5.41, 5.74) is -0.191. The summed E-state index contributed by atoms with van der Waals surface area (Å²) in [6, 6.07) is 21.4. The summed E-state index contributed by atoms with van der Waals surface area (Å²) < 4.78 is 16.9. The van der Waals surface area contributed by atoms with E-state index in [9.17, 15) is 14.4 Å². The molecule has 8 nitrogen and oxygen atoms in total. The average Bonchev–Trinajstić information content (AvgIpc) is 3.51. The second kappa shape index (κ2) is 11.9. The predicted octanol–water partition coefficient (Wildman–Crippen LogP) is 3.99. The molecular weight excluding hydrogens is 572 g/mol. The van der Waals surface area contributed by atoms with Crippen molar-refractivity contribution < 1.29 is 28.6 Å². The number of alkyl halides is 1. The number of thioether (sulfide) groups is 1. The Hall–Kier alpha value is -2.89. The highest BCUT2D eigenvalue weighted by Crippen LogP contribution is 2.47. The predicted molar refractivity (Wildman–Crippen MR) is 154 cm³/mol. The van der Waals surface area contributed by atoms with E-state index in [4.69, 9.17) is 25.8 Å². The number of nitrogens with zero attached hydrogens (tertiary/aromatic N) is 1. The molecule has 2 fully saturated rings. The summed E-state index contributed by atoms with van der Waals surface area (Å²) in [6.45, 7) is 0.0408. The Labute approximate surface area is 245 Å². The van der Waals surface area contributed by atoms with Gasteiger partial charge in [-0.2, -0.15) is 11.8 Å². The van der Waals surface area contributed by atoms with Crippen molar-refractivity contribution in [2.45, 2.75) is 35.3 Å². The molecule has 4 atom stereocenters. The van der Waals surface area contributed by atoms with Crippen LogP contribution < -0.4 is 5.32 Å². The molecule has 0 aliphatic carbocycles. The van der Waals surface area contributed by atoms with Gasteiger partial charge in [0.05, 0.1) is 17.8 Å². The minimum absolute atomic E-state index is 0.0243. The van der Waals surface area contributed by atoms with E-state index >= 15 is 0 Å². The molecule has 5 rings (SSSR count). The number of ether oxygens (including phenoxy) is 3. The molecule has 3 aromatic rings. The number of carbonyl (C=O) groups excluding carboxylic acids is 3. The molecule has 0 bridgehead atoms. The van der Waals surface area contributed by atoms with Crippen LogP contribution in [0.15, 0.2) is 78.2 Å². The number of fused-ring (bicyclic) bond motifs is 1. The van der Waals surface area contributed by atoms with E-state index in [1.54, 1.807) is 0 Å². The first kappa shape index (κ1) is 28.6. The van der Waals surface area contributed by atoms with Gasteiger partial charge in [0, 0.05) is 17.9 Å². The third-order valence-corrected chi connectivity index (χ3v) is 10.1. The fraction of sp³-hybridized carbons (Fsp3) is 0.345. The van der Waals surface area contributed by atoms with Gasteiger partial charge in [0.25, 0.3) is 11.6 Å². The fourth-order valence-corrected chi connectivity index (χ4v) is 7.13. The minimum Gasteiger partial charge on any atom is -0.451 e. The number of hydrogen-bond acceptors (Lipinski definition) is 8. The van der Waals surface area contributed by atoms with E-state index in [-0.39, 0.29) is 18.9 Å². The van der Waals surface area contributed by atoms with Crippen molar-refractivity contribution in [2.24, 2.45) is 0 Å². The number of amides is 2. The largest absolute Gasteiger partial charge is 0.451 e. The molecule has 3 heterocycles. The number of carbonyl (C=O) groups is 3. The Morgan fingerprint density at radius 1 is 1.12 bits per heavy atom. The number of hydrogen-bond donors (Lipinski definition) is 1. The zero-order valence-corrected chi connectivity index (χ0v) is 24.3. The molecule has 1 aromatic heterocycles. The molecule has 210 valence electrons. The lowest BCUT2D eigenvalue weighted by atomic mass is 9.87. The highest BCUT2D eigenvalue weighted by Gasteiger charge is 2.72. The molecule has 2 saturated heterocycles. The topological polar surface area (TPSA) is 94.2 Å². The van der Waals surface area contributed by atoms with E-state index in [1.165, 1.54) is 35.1 Å². The number of rotatable bonds is 10. The van der Waals surface area contributed by atoms with E-state index in [0.717, 1.165) is 16.0 Å². The zero-order chi connectivity index (χ0) is 28.3. The van der Waals surface area contributed by atoms with Gasteiger partial charge in [0.1, 0.15) is 0 Å². The van der Waals surface area contributed by atoms with Gasteiger partial charge in [0.2, 0.25) is 5.91 Å². The number of β-lactam (4-membered cyclic amide) rings is 1. The molecule has 0 unspecified atom stereocenters. The van der Waals surface area contributed by atoms with E-state index < -0.39 is 46.6 Å². The number of halogens is 1. The summed E-state index contributed by atoms with van der Waals surface area (Å²) in [5, 5.41) is 4.59. The Morgan fingerprint density at radius 2 is 1.77 bits per heavy atom. The summed E-state index contributed by atoms with van der Waals surface area (Å²) in [5.74, 6) is -1.59. The van der Waals surface area contributed by atoms with Crippen LogP contribution in [0.3, 0.4) is 0 Å². The van der Waals surface area contributed by atoms with Crippen molar-refractivity contribution in [2.75, 3.05) is 25.9 Å². The first-order valence-electron chi connectivity index (χ1n) is 12.6. The number of methoxy groups -OCH3 is 1. The summed E-state index contributed by atoms with van der Waals surface area (Å²) in [4.78, 5) is 42.9. The molecule has 40 heavy (non-hydrogen) atoms. The second-order valence-corrected chi connectivity index (χ2v) is 12.1. The first-order chi connectivity index (χ1) is 19.4. The van der Waals surface area contributed by atoms with Crippen LogP contribution in [-0.4, -0.2) is 71.3 Å². The minimum atomic E-state index is -1.76. The van der Waals surface area contributed by atoms with Crippen molar-refractivity contribution in [3.8, 4) is 0 Å². The first-order valence-corrected chi connectivity index (χ1v) is 15.3. The number of benzene rings is 2. The van der Waals surface area contributed by atoms with Crippen LogP contribution in [0.2, 0.25) is 0 Å². The highest BCUT2D eigenvalue weighted by atomic mass is 35.5. The Morgan fingerprint density at radius 3 is 2.30 bits per heavy atom. The smallest absolute Gasteiger partial charge is 0.331 e. The molecule has 0 radical (unpaired) electrons. The molecule has 0 saturated carbocycles. The standard InChI is InChI=1S/C29H29ClN2O6S2/c1-36-29(31-22(33)16-21-14-9-15-40-21)26(35)32-24(28(17-30,39-2)18-37-27(29)32)25(34)38-23(19-10-5-3-6-11-19)20-12-7-4-8-13-20/h3-15,23-24,27H,16-18H2,1-2H3,(H,31,33)/t24-,27+,28+,29-/m0/s1. The highest BCUT2D eigenvalue weighted by molar-refractivity contribution is 8.00. The van der Waals surface area contributed by atoms with Gasteiger partial charge in [-0.15, -0.1) is 22.9 Å². The van der Waals surface area contributed by atoms with Gasteiger partial charge >= 0.3 is 5.97 Å². The maximum Gasteiger partial charge on any atom is 0.331 e. The maximum absolute atomic E-state index is 14.1. The Kier molecular flexibility index (Phi) is 8.53. The molecule has 2 aliphatic rings. The summed E-state index contributed by atoms with van der Waals surface area (Å²) in [6.07, 6.45) is 0.153. The lowest BCUT2D eigenvalue weighted by Crippen LogP contribution is -2.88. The molecule has 0 spiro atoms. The third-order valence-electron chi connectivity index (χ3n) is 7.27. The average molecular weight is 601 g/mol. The van der Waals surface area contributed by atoms with E-state index in [1.807, 2.05) is 84.4 Å². The molecule has 2 aromatic carbocycles. The van der Waals surface area contributed by atoms with Crippen LogP contribution in [0.4, 0.5) is 0 Å². The van der Waals surface area contributed by atoms with Gasteiger partial charge in [-0.3, -0.25) is 14.5 Å². The third kappa shape index (κ3) is 5.03. The van der Waals surface area contributed by atoms with Gasteiger partial charge in [-0.05, 0) is 28.8 Å². The molecule has 1 N–H and O–H groups in total. The zero-order valence-electron chi connectivity index (χ0n) is 22.0. The normalized spacial score (nSPS) is 25.7. The van der Waals surface area contributed by atoms with Crippen molar-refractivity contribution >= 4 is 52.5 Å². The summed E-state index contributed by atoms with van der Waals surface area (Å²) >= 11 is 9.23. The number of thiophene rings is 1. The van der Waals surface area contributed by atoms with Crippen LogP contribution >= 0.6 is 34.7 Å². The van der Waals surface area contributed by atoms with Gasteiger partial charge in [0.15, 0.2) is 18.4 Å². The quantitative estimate of drug-likeness (QED) is 0.163. The Balaban J connectivity index is 1.44. The monoisotopic (exact) mass is 600 g/mol. The summed E-state index contributed by atoms with van der Waals surface area (Å²) in [7, 11) is 1.33. The second-order valence-electron chi connectivity index (χ2n) is 9.56. The number of nitrogens with one attached hydrogen (secondary N) is 1. The lowest BCUT2D eigenvalue weighted by molar-refractivity contribution is -0.288. The Bertz CT molecular complexity index is 1300. The molecule has 11 heteroatoms. The molecule has 2 amide bonds. The van der Waals surface area contributed by atoms with Crippen molar-refractivity contribution in [1.82, 2.24) is 10.2 Å². The van der Waals surface area contributed by atoms with Crippen LogP contribution in [0, 0.1) is 0 Å². The van der Waals surface area contributed by atoms with Crippen molar-refractivity contribution in [3.05, 3.63) is 94.2 Å². The van der Waals surface area contributed by atoms with E-state index in [2.05, 4.69) is 5.32 Å². The van der Waals surface area contributed by atoms with Crippen LogP contribution in [0.25, 0.3) is 0 Å². The maximum atomic E-state index is 14.1. The van der Waals surface area contributed by atoms with Crippen molar-refractivity contribution in [1.29, 1.82) is 0 Å². The van der Waals surface area contributed by atoms with Crippen LogP contribution in [0.1, 0.15) is 22.1 Å². The van der Waals surface area contributed by atoms with Gasteiger partial charge < -0.3 is 19.5 Å². The van der Waals surface area contributed by atoms with Gasteiger partial charge in [-0.1, -0.05) is 66.7 Å². The SMILES string of the molecule is CO[C@@]1(NC(=O)Cc2cccs2)C(=O)N2[C@@H](C(=O)OC(c3ccccc3)c3ccccc3)[C@](CCl)(SC)CO[C@@H]21.